The van der Waals surface area contributed by atoms with E-state index in [1.54, 1.807) is 4.57 Å². The minimum absolute atomic E-state index is 0.375. The maximum atomic E-state index is 10.3. The summed E-state index contributed by atoms with van der Waals surface area (Å²) in [5, 5.41) is 32.9. The standard InChI is InChI=1S/C17H21N5O4/c23-5-11-13(24)14(25)17(26-11)22-7-20-12-15(18-6-19-16(12)22)21-10-4-8-1-2-9(10)3-8/h4,6-9,11,13-14,17,23-25H,1-3,5H2,(H,18,19,21)/t8?,9?,11-,13-,14-,17-/m1/s1. The first-order valence-corrected chi connectivity index (χ1v) is 8.94. The number of aromatic nitrogens is 4. The lowest BCUT2D eigenvalue weighted by molar-refractivity contribution is -0.0511. The van der Waals surface area contributed by atoms with Crippen LogP contribution in [-0.4, -0.2) is 59.8 Å². The number of hydrogen-bond donors (Lipinski definition) is 4. The molecule has 0 amide bonds. The minimum Gasteiger partial charge on any atom is -0.394 e. The zero-order chi connectivity index (χ0) is 17.8. The molecule has 3 aliphatic rings. The number of fused-ring (bicyclic) bond motifs is 3. The number of aliphatic hydroxyl groups excluding tert-OH is 3. The molecule has 9 heteroatoms. The van der Waals surface area contributed by atoms with Crippen molar-refractivity contribution in [3.63, 3.8) is 0 Å². The zero-order valence-corrected chi connectivity index (χ0v) is 14.1. The molecule has 2 aromatic heterocycles. The molecule has 1 saturated heterocycles. The number of ether oxygens (including phenoxy) is 1. The highest BCUT2D eigenvalue weighted by Gasteiger charge is 2.44. The molecule has 6 atom stereocenters. The maximum Gasteiger partial charge on any atom is 0.167 e. The quantitative estimate of drug-likeness (QED) is 0.608. The highest BCUT2D eigenvalue weighted by atomic mass is 16.6. The van der Waals surface area contributed by atoms with E-state index in [1.165, 1.54) is 37.6 Å². The van der Waals surface area contributed by atoms with Gasteiger partial charge >= 0.3 is 0 Å². The fourth-order valence-electron chi connectivity index (χ4n) is 4.36. The molecule has 2 unspecified atom stereocenters. The molecule has 26 heavy (non-hydrogen) atoms. The summed E-state index contributed by atoms with van der Waals surface area (Å²) in [6.07, 6.45) is 4.85. The molecular formula is C17H21N5O4. The third-order valence-electron chi connectivity index (χ3n) is 5.74. The summed E-state index contributed by atoms with van der Waals surface area (Å²) in [4.78, 5) is 13.0. The van der Waals surface area contributed by atoms with Gasteiger partial charge in [-0.1, -0.05) is 6.08 Å². The Labute approximate surface area is 149 Å². The largest absolute Gasteiger partial charge is 0.394 e. The smallest absolute Gasteiger partial charge is 0.167 e. The average Bonchev–Trinajstić information content (AvgIpc) is 3.41. The monoisotopic (exact) mass is 359 g/mol. The summed E-state index contributed by atoms with van der Waals surface area (Å²) in [6.45, 7) is -0.375. The van der Waals surface area contributed by atoms with Crippen LogP contribution in [0.15, 0.2) is 24.4 Å². The van der Waals surface area contributed by atoms with E-state index in [9.17, 15) is 15.3 Å². The number of nitrogens with one attached hydrogen (secondary N) is 1. The molecule has 2 aliphatic carbocycles. The lowest BCUT2D eigenvalue weighted by atomic mass is 10.0. The van der Waals surface area contributed by atoms with Gasteiger partial charge in [-0.2, -0.15) is 0 Å². The van der Waals surface area contributed by atoms with Crippen molar-refractivity contribution in [2.75, 3.05) is 11.9 Å². The fraction of sp³-hybridized carbons (Fsp3) is 0.588. The third-order valence-corrected chi connectivity index (χ3v) is 5.74. The van der Waals surface area contributed by atoms with Gasteiger partial charge < -0.3 is 25.4 Å². The second-order valence-electron chi connectivity index (χ2n) is 7.29. The van der Waals surface area contributed by atoms with Gasteiger partial charge in [0, 0.05) is 5.70 Å². The van der Waals surface area contributed by atoms with E-state index in [-0.39, 0.29) is 6.61 Å². The zero-order valence-electron chi connectivity index (χ0n) is 14.1. The summed E-state index contributed by atoms with van der Waals surface area (Å²) in [6, 6.07) is 0. The Morgan fingerprint density at radius 2 is 2.08 bits per heavy atom. The molecule has 138 valence electrons. The van der Waals surface area contributed by atoms with Crippen molar-refractivity contribution in [2.45, 2.75) is 43.8 Å². The van der Waals surface area contributed by atoms with E-state index < -0.39 is 24.5 Å². The topological polar surface area (TPSA) is 126 Å². The average molecular weight is 359 g/mol. The summed E-state index contributed by atoms with van der Waals surface area (Å²) >= 11 is 0. The summed E-state index contributed by atoms with van der Waals surface area (Å²) in [5.74, 6) is 1.85. The molecule has 5 rings (SSSR count). The van der Waals surface area contributed by atoms with E-state index in [2.05, 4.69) is 26.3 Å². The highest BCUT2D eigenvalue weighted by molar-refractivity contribution is 5.83. The Hall–Kier alpha value is -2.07. The van der Waals surface area contributed by atoms with Crippen LogP contribution in [0, 0.1) is 11.8 Å². The van der Waals surface area contributed by atoms with Gasteiger partial charge in [-0.15, -0.1) is 0 Å². The third kappa shape index (κ3) is 2.35. The number of rotatable bonds is 4. The molecule has 2 fully saturated rings. The normalized spacial score (nSPS) is 36.0. The Morgan fingerprint density at radius 1 is 1.19 bits per heavy atom. The van der Waals surface area contributed by atoms with Crippen molar-refractivity contribution >= 4 is 17.0 Å². The lowest BCUT2D eigenvalue weighted by Gasteiger charge is -2.17. The van der Waals surface area contributed by atoms with Crippen LogP contribution in [0.25, 0.3) is 11.2 Å². The predicted octanol–water partition coefficient (Wildman–Crippen LogP) is 0.163. The predicted molar refractivity (Wildman–Crippen MR) is 90.9 cm³/mol. The summed E-state index contributed by atoms with van der Waals surface area (Å²) in [5.41, 5.74) is 2.28. The number of aliphatic hydroxyl groups is 3. The van der Waals surface area contributed by atoms with Crippen molar-refractivity contribution < 1.29 is 20.1 Å². The van der Waals surface area contributed by atoms with Gasteiger partial charge in [-0.3, -0.25) is 4.57 Å². The number of nitrogens with zero attached hydrogens (tertiary/aromatic N) is 4. The fourth-order valence-corrected chi connectivity index (χ4v) is 4.36. The molecule has 1 saturated carbocycles. The molecule has 0 radical (unpaired) electrons. The number of allylic oxidation sites excluding steroid dienone is 2. The van der Waals surface area contributed by atoms with E-state index in [1.807, 2.05) is 0 Å². The van der Waals surface area contributed by atoms with Gasteiger partial charge in [0.25, 0.3) is 0 Å². The Kier molecular flexibility index (Phi) is 3.71. The molecule has 0 aromatic carbocycles. The Balaban J connectivity index is 1.47. The first-order chi connectivity index (χ1) is 12.7. The van der Waals surface area contributed by atoms with Crippen molar-refractivity contribution in [1.29, 1.82) is 0 Å². The van der Waals surface area contributed by atoms with E-state index in [0.29, 0.717) is 28.8 Å². The van der Waals surface area contributed by atoms with Crippen LogP contribution in [-0.2, 0) is 4.74 Å². The van der Waals surface area contributed by atoms with Crippen LogP contribution >= 0.6 is 0 Å². The van der Waals surface area contributed by atoms with Crippen LogP contribution in [0.1, 0.15) is 25.5 Å². The maximum absolute atomic E-state index is 10.3. The Bertz CT molecular complexity index is 868. The Morgan fingerprint density at radius 3 is 2.77 bits per heavy atom. The van der Waals surface area contributed by atoms with Crippen LogP contribution in [0.3, 0.4) is 0 Å². The van der Waals surface area contributed by atoms with Gasteiger partial charge in [0.05, 0.1) is 12.9 Å². The van der Waals surface area contributed by atoms with Gasteiger partial charge in [0.1, 0.15) is 24.6 Å². The van der Waals surface area contributed by atoms with Gasteiger partial charge in [-0.25, -0.2) is 15.0 Å². The van der Waals surface area contributed by atoms with E-state index >= 15 is 0 Å². The van der Waals surface area contributed by atoms with Crippen LogP contribution in [0.5, 0.6) is 0 Å². The molecule has 2 aromatic rings. The molecule has 0 spiro atoms. The van der Waals surface area contributed by atoms with Crippen molar-refractivity contribution in [1.82, 2.24) is 19.5 Å². The lowest BCUT2D eigenvalue weighted by Crippen LogP contribution is -2.33. The molecule has 9 nitrogen and oxygen atoms in total. The minimum atomic E-state index is -1.18. The molecular weight excluding hydrogens is 338 g/mol. The van der Waals surface area contributed by atoms with E-state index in [4.69, 9.17) is 4.74 Å². The first kappa shape index (κ1) is 16.1. The van der Waals surface area contributed by atoms with Gasteiger partial charge in [0.2, 0.25) is 0 Å². The number of anilines is 1. The van der Waals surface area contributed by atoms with Crippen LogP contribution < -0.4 is 5.32 Å². The number of imidazole rings is 1. The molecule has 1 aliphatic heterocycles. The van der Waals surface area contributed by atoms with Crippen LogP contribution in [0.2, 0.25) is 0 Å². The first-order valence-electron chi connectivity index (χ1n) is 8.94. The van der Waals surface area contributed by atoms with Crippen molar-refractivity contribution in [3.05, 3.63) is 24.4 Å². The van der Waals surface area contributed by atoms with Crippen molar-refractivity contribution in [3.8, 4) is 0 Å². The van der Waals surface area contributed by atoms with Crippen LogP contribution in [0.4, 0.5) is 5.82 Å². The highest BCUT2D eigenvalue weighted by Crippen LogP contribution is 2.44. The van der Waals surface area contributed by atoms with E-state index in [0.717, 1.165) is 0 Å². The number of hydrogen-bond acceptors (Lipinski definition) is 8. The molecule has 4 N–H and O–H groups in total. The second kappa shape index (κ2) is 5.98. The molecule has 3 heterocycles. The SMILES string of the molecule is OC[C@H]1O[C@@H](n2cnc3c(NC4=CC5CCC4C5)ncnc32)[C@H](O)[C@@H]1O. The molecule has 2 bridgehead atoms. The summed E-state index contributed by atoms with van der Waals surface area (Å²) < 4.78 is 7.15. The second-order valence-corrected chi connectivity index (χ2v) is 7.29. The summed E-state index contributed by atoms with van der Waals surface area (Å²) in [7, 11) is 0. The van der Waals surface area contributed by atoms with Gasteiger partial charge in [-0.05, 0) is 31.1 Å². The van der Waals surface area contributed by atoms with Crippen molar-refractivity contribution in [2.24, 2.45) is 11.8 Å². The van der Waals surface area contributed by atoms with Gasteiger partial charge in [0.15, 0.2) is 23.2 Å².